The monoisotopic (exact) mass is 423 g/mol. The van der Waals surface area contributed by atoms with Gasteiger partial charge in [0.05, 0.1) is 11.6 Å². The molecule has 0 bridgehead atoms. The molecule has 0 aromatic heterocycles. The van der Waals surface area contributed by atoms with Crippen LogP contribution >= 0.6 is 11.6 Å². The first-order valence-electron chi connectivity index (χ1n) is 8.95. The number of ether oxygens (including phenoxy) is 2. The minimum atomic E-state index is -1.54. The Labute approximate surface area is 172 Å². The Balaban J connectivity index is 1.81. The van der Waals surface area contributed by atoms with E-state index in [1.54, 1.807) is 43.4 Å². The van der Waals surface area contributed by atoms with Crippen LogP contribution in [-0.4, -0.2) is 70.7 Å². The molecule has 0 saturated carbocycles. The third-order valence-electron chi connectivity index (χ3n) is 4.71. The van der Waals surface area contributed by atoms with Gasteiger partial charge in [-0.15, -0.1) is 0 Å². The smallest absolute Gasteiger partial charge is 0.251 e. The van der Waals surface area contributed by atoms with Gasteiger partial charge >= 0.3 is 0 Å². The van der Waals surface area contributed by atoms with Crippen LogP contribution < -0.4 is 10.1 Å². The summed E-state index contributed by atoms with van der Waals surface area (Å²) in [7, 11) is 1.55. The summed E-state index contributed by atoms with van der Waals surface area (Å²) in [5.41, 5.74) is 2.01. The van der Waals surface area contributed by atoms with Crippen molar-refractivity contribution in [3.8, 4) is 16.9 Å². The van der Waals surface area contributed by atoms with Gasteiger partial charge in [-0.3, -0.25) is 4.79 Å². The van der Waals surface area contributed by atoms with E-state index in [0.29, 0.717) is 5.56 Å². The molecular formula is C20H22ClNO7. The largest absolute Gasteiger partial charge is 0.460 e. The van der Waals surface area contributed by atoms with E-state index in [0.717, 1.165) is 11.1 Å². The fraction of sp³-hybridized carbons (Fsp3) is 0.350. The Morgan fingerprint density at radius 1 is 1.10 bits per heavy atom. The highest BCUT2D eigenvalue weighted by Crippen LogP contribution is 2.33. The molecule has 2 aromatic rings. The fourth-order valence-electron chi connectivity index (χ4n) is 3.05. The van der Waals surface area contributed by atoms with E-state index in [1.807, 2.05) is 6.07 Å². The molecule has 1 aliphatic rings. The van der Waals surface area contributed by atoms with Crippen LogP contribution in [0.15, 0.2) is 42.5 Å². The Morgan fingerprint density at radius 3 is 2.48 bits per heavy atom. The van der Waals surface area contributed by atoms with Gasteiger partial charge in [-0.05, 0) is 35.4 Å². The topological polar surface area (TPSA) is 128 Å². The number of carbonyl (C=O) groups is 1. The van der Waals surface area contributed by atoms with Gasteiger partial charge in [0.1, 0.15) is 30.2 Å². The maximum absolute atomic E-state index is 11.8. The zero-order valence-corrected chi connectivity index (χ0v) is 16.3. The molecule has 1 saturated heterocycles. The van der Waals surface area contributed by atoms with Gasteiger partial charge in [0.15, 0.2) is 0 Å². The average molecular weight is 424 g/mol. The number of hydrogen-bond donors (Lipinski definition) is 5. The molecule has 1 fully saturated rings. The first-order chi connectivity index (χ1) is 13.8. The predicted molar refractivity (Wildman–Crippen MR) is 105 cm³/mol. The SMILES string of the molecule is CNC(=O)c1cccc(-c2ccc(OC3O[C@@H](CO)[C@@H](O)[C@H](O)[C@H]3O)c(Cl)c2)c1. The zero-order chi connectivity index (χ0) is 21.1. The number of aliphatic hydroxyl groups is 4. The minimum Gasteiger partial charge on any atom is -0.460 e. The number of nitrogens with one attached hydrogen (secondary N) is 1. The Kier molecular flexibility index (Phi) is 6.74. The molecule has 1 amide bonds. The van der Waals surface area contributed by atoms with Crippen LogP contribution in [0.5, 0.6) is 5.75 Å². The third kappa shape index (κ3) is 4.53. The number of halogens is 1. The van der Waals surface area contributed by atoms with Crippen LogP contribution in [0.1, 0.15) is 10.4 Å². The summed E-state index contributed by atoms with van der Waals surface area (Å²) in [6.07, 6.45) is -6.96. The Hall–Kier alpha value is -2.20. The summed E-state index contributed by atoms with van der Waals surface area (Å²) in [4.78, 5) is 11.8. The number of rotatable bonds is 5. The van der Waals surface area contributed by atoms with Gasteiger partial charge in [0.2, 0.25) is 6.29 Å². The van der Waals surface area contributed by atoms with E-state index < -0.39 is 37.3 Å². The molecule has 29 heavy (non-hydrogen) atoms. The number of benzene rings is 2. The van der Waals surface area contributed by atoms with Crippen molar-refractivity contribution in [2.24, 2.45) is 0 Å². The minimum absolute atomic E-state index is 0.183. The second kappa shape index (κ2) is 9.08. The van der Waals surface area contributed by atoms with E-state index in [4.69, 9.17) is 21.1 Å². The summed E-state index contributed by atoms with van der Waals surface area (Å²) >= 11 is 6.31. The van der Waals surface area contributed by atoms with Crippen molar-refractivity contribution in [1.29, 1.82) is 0 Å². The van der Waals surface area contributed by atoms with Crippen LogP contribution in [0, 0.1) is 0 Å². The summed E-state index contributed by atoms with van der Waals surface area (Å²) in [5.74, 6) is -0.0253. The first kappa shape index (κ1) is 21.5. The van der Waals surface area contributed by atoms with Crippen molar-refractivity contribution in [3.63, 3.8) is 0 Å². The molecule has 0 spiro atoms. The molecule has 0 radical (unpaired) electrons. The molecule has 156 valence electrons. The van der Waals surface area contributed by atoms with Crippen molar-refractivity contribution >= 4 is 17.5 Å². The lowest BCUT2D eigenvalue weighted by Crippen LogP contribution is -2.60. The maximum Gasteiger partial charge on any atom is 0.251 e. The van der Waals surface area contributed by atoms with Gasteiger partial charge in [-0.25, -0.2) is 0 Å². The second-order valence-electron chi connectivity index (χ2n) is 6.62. The molecule has 9 heteroatoms. The highest BCUT2D eigenvalue weighted by atomic mass is 35.5. The first-order valence-corrected chi connectivity index (χ1v) is 9.32. The van der Waals surface area contributed by atoms with Crippen LogP contribution in [0.4, 0.5) is 0 Å². The molecule has 1 unspecified atom stereocenters. The zero-order valence-electron chi connectivity index (χ0n) is 15.5. The molecule has 5 N–H and O–H groups in total. The van der Waals surface area contributed by atoms with E-state index in [9.17, 15) is 25.2 Å². The van der Waals surface area contributed by atoms with Gasteiger partial charge < -0.3 is 35.2 Å². The van der Waals surface area contributed by atoms with Crippen LogP contribution in [0.25, 0.3) is 11.1 Å². The average Bonchev–Trinajstić information content (AvgIpc) is 2.74. The van der Waals surface area contributed by atoms with E-state index >= 15 is 0 Å². The molecule has 5 atom stereocenters. The van der Waals surface area contributed by atoms with Crippen molar-refractivity contribution < 1.29 is 34.7 Å². The quantitative estimate of drug-likeness (QED) is 0.475. The molecule has 0 aliphatic carbocycles. The fourth-order valence-corrected chi connectivity index (χ4v) is 3.28. The summed E-state index contributed by atoms with van der Waals surface area (Å²) < 4.78 is 10.9. The second-order valence-corrected chi connectivity index (χ2v) is 7.03. The van der Waals surface area contributed by atoms with Crippen molar-refractivity contribution in [2.75, 3.05) is 13.7 Å². The van der Waals surface area contributed by atoms with Crippen LogP contribution in [0.3, 0.4) is 0 Å². The third-order valence-corrected chi connectivity index (χ3v) is 5.00. The van der Waals surface area contributed by atoms with E-state index in [1.165, 1.54) is 0 Å². The molecule has 3 rings (SSSR count). The van der Waals surface area contributed by atoms with Gasteiger partial charge in [0.25, 0.3) is 5.91 Å². The standard InChI is InChI=1S/C20H22ClNO7/c1-22-19(27)12-4-2-3-10(7-12)11-5-6-14(13(21)8-11)28-20-18(26)17(25)16(24)15(9-23)29-20/h2-8,15-18,20,23-26H,9H2,1H3,(H,22,27)/t15-,16+,17-,18+,20?/m0/s1. The molecule has 2 aromatic carbocycles. The molecular weight excluding hydrogens is 402 g/mol. The van der Waals surface area contributed by atoms with E-state index in [-0.39, 0.29) is 16.7 Å². The Bertz CT molecular complexity index is 876. The summed E-state index contributed by atoms with van der Waals surface area (Å²) in [6.45, 7) is -0.556. The summed E-state index contributed by atoms with van der Waals surface area (Å²) in [6, 6.07) is 11.9. The van der Waals surface area contributed by atoms with Crippen molar-refractivity contribution in [2.45, 2.75) is 30.7 Å². The lowest BCUT2D eigenvalue weighted by Gasteiger charge is -2.39. The predicted octanol–water partition coefficient (Wildman–Crippen LogP) is 0.545. The number of aliphatic hydroxyl groups excluding tert-OH is 4. The maximum atomic E-state index is 11.8. The number of carbonyl (C=O) groups excluding carboxylic acids is 1. The highest BCUT2D eigenvalue weighted by Gasteiger charge is 2.44. The van der Waals surface area contributed by atoms with Crippen molar-refractivity contribution in [3.05, 3.63) is 53.1 Å². The normalized spacial score (nSPS) is 26.8. The Morgan fingerprint density at radius 2 is 1.83 bits per heavy atom. The van der Waals surface area contributed by atoms with Gasteiger partial charge in [0, 0.05) is 12.6 Å². The number of amides is 1. The highest BCUT2D eigenvalue weighted by molar-refractivity contribution is 6.32. The molecule has 1 aliphatic heterocycles. The van der Waals surface area contributed by atoms with Gasteiger partial charge in [-0.2, -0.15) is 0 Å². The number of hydrogen-bond acceptors (Lipinski definition) is 7. The summed E-state index contributed by atoms with van der Waals surface area (Å²) in [5, 5.41) is 41.8. The lowest BCUT2D eigenvalue weighted by atomic mass is 9.99. The molecule has 8 nitrogen and oxygen atoms in total. The van der Waals surface area contributed by atoms with Gasteiger partial charge in [-0.1, -0.05) is 29.8 Å². The lowest BCUT2D eigenvalue weighted by molar-refractivity contribution is -0.277. The van der Waals surface area contributed by atoms with Crippen molar-refractivity contribution in [1.82, 2.24) is 5.32 Å². The van der Waals surface area contributed by atoms with E-state index in [2.05, 4.69) is 5.32 Å². The van der Waals surface area contributed by atoms with Crippen LogP contribution in [-0.2, 0) is 4.74 Å². The van der Waals surface area contributed by atoms with Crippen LogP contribution in [0.2, 0.25) is 5.02 Å². The molecule has 1 heterocycles.